The molecular weight excluding hydrogens is 248 g/mol. The number of pyridine rings is 1. The maximum Gasteiger partial charge on any atom is 0.160 e. The topological polar surface area (TPSA) is 42.7 Å². The number of nitrogens with one attached hydrogen (secondary N) is 1. The third-order valence-corrected chi connectivity index (χ3v) is 3.39. The van der Waals surface area contributed by atoms with Crippen LogP contribution in [0.3, 0.4) is 0 Å². The van der Waals surface area contributed by atoms with Gasteiger partial charge in [0.15, 0.2) is 5.65 Å². The highest BCUT2D eigenvalue weighted by Gasteiger charge is 2.14. The molecule has 3 aromatic rings. The van der Waals surface area contributed by atoms with Crippen molar-refractivity contribution in [2.45, 2.75) is 19.9 Å². The van der Waals surface area contributed by atoms with E-state index in [2.05, 4.69) is 33.9 Å². The number of hydrogen-bond donors (Lipinski definition) is 1. The van der Waals surface area contributed by atoms with Crippen molar-refractivity contribution < 1.29 is 0 Å². The highest BCUT2D eigenvalue weighted by molar-refractivity contribution is 5.81. The number of anilines is 1. The molecule has 0 atom stereocenters. The lowest BCUT2D eigenvalue weighted by atomic mass is 10.1. The fraction of sp³-hybridized carbons (Fsp3) is 0.250. The van der Waals surface area contributed by atoms with Gasteiger partial charge in [-0.05, 0) is 30.7 Å². The van der Waals surface area contributed by atoms with Gasteiger partial charge in [-0.15, -0.1) is 0 Å². The molecule has 4 nitrogen and oxygen atoms in total. The zero-order chi connectivity index (χ0) is 13.9. The Labute approximate surface area is 118 Å². The fourth-order valence-corrected chi connectivity index (χ4v) is 2.50. The van der Waals surface area contributed by atoms with Crippen molar-refractivity contribution in [3.8, 4) is 11.4 Å². The largest absolute Gasteiger partial charge is 0.388 e. The van der Waals surface area contributed by atoms with Crippen LogP contribution in [0.2, 0.25) is 0 Å². The Morgan fingerprint density at radius 1 is 1.15 bits per heavy atom. The molecule has 0 radical (unpaired) electrons. The summed E-state index contributed by atoms with van der Waals surface area (Å²) >= 11 is 0. The predicted octanol–water partition coefficient (Wildman–Crippen LogP) is 3.55. The molecule has 0 saturated carbocycles. The molecule has 20 heavy (non-hydrogen) atoms. The molecule has 1 aromatic carbocycles. The molecule has 102 valence electrons. The number of benzene rings is 1. The second kappa shape index (κ2) is 5.33. The van der Waals surface area contributed by atoms with Crippen LogP contribution in [0.4, 0.5) is 5.69 Å². The van der Waals surface area contributed by atoms with Gasteiger partial charge in [0.25, 0.3) is 0 Å². The van der Waals surface area contributed by atoms with E-state index in [-0.39, 0.29) is 0 Å². The molecule has 0 unspecified atom stereocenters. The highest BCUT2D eigenvalue weighted by Crippen LogP contribution is 2.29. The van der Waals surface area contributed by atoms with Gasteiger partial charge in [-0.1, -0.05) is 19.1 Å². The molecule has 0 aliphatic heterocycles. The van der Waals surface area contributed by atoms with E-state index < -0.39 is 0 Å². The van der Waals surface area contributed by atoms with Crippen LogP contribution in [0.15, 0.2) is 42.6 Å². The van der Waals surface area contributed by atoms with Gasteiger partial charge in [0.1, 0.15) is 11.3 Å². The first-order chi connectivity index (χ1) is 9.85. The third kappa shape index (κ3) is 2.03. The second-order valence-corrected chi connectivity index (χ2v) is 4.73. The summed E-state index contributed by atoms with van der Waals surface area (Å²) in [6, 6.07) is 12.2. The SMILES string of the molecule is CCCn1c(-c2ccccc2NC)nc2cccnc21. The Bertz CT molecular complexity index is 730. The van der Waals surface area contributed by atoms with Gasteiger partial charge in [0.2, 0.25) is 0 Å². The Morgan fingerprint density at radius 3 is 2.80 bits per heavy atom. The summed E-state index contributed by atoms with van der Waals surface area (Å²) in [5.41, 5.74) is 4.10. The quantitative estimate of drug-likeness (QED) is 0.785. The van der Waals surface area contributed by atoms with Crippen molar-refractivity contribution in [2.75, 3.05) is 12.4 Å². The molecule has 3 rings (SSSR count). The van der Waals surface area contributed by atoms with E-state index in [0.29, 0.717) is 0 Å². The smallest absolute Gasteiger partial charge is 0.160 e. The van der Waals surface area contributed by atoms with Gasteiger partial charge in [0, 0.05) is 31.0 Å². The maximum atomic E-state index is 4.77. The lowest BCUT2D eigenvalue weighted by Gasteiger charge is -2.11. The van der Waals surface area contributed by atoms with Crippen molar-refractivity contribution in [1.29, 1.82) is 0 Å². The van der Waals surface area contributed by atoms with E-state index in [9.17, 15) is 0 Å². The van der Waals surface area contributed by atoms with Crippen LogP contribution in [0.1, 0.15) is 13.3 Å². The van der Waals surface area contributed by atoms with E-state index in [1.807, 2.05) is 37.5 Å². The monoisotopic (exact) mass is 266 g/mol. The number of imidazole rings is 1. The average molecular weight is 266 g/mol. The van der Waals surface area contributed by atoms with Crippen LogP contribution in [0.5, 0.6) is 0 Å². The average Bonchev–Trinajstić information content (AvgIpc) is 2.86. The summed E-state index contributed by atoms with van der Waals surface area (Å²) in [5, 5.41) is 3.23. The molecule has 0 aliphatic rings. The Kier molecular flexibility index (Phi) is 3.37. The minimum atomic E-state index is 0.918. The van der Waals surface area contributed by atoms with Gasteiger partial charge >= 0.3 is 0 Å². The zero-order valence-electron chi connectivity index (χ0n) is 11.8. The number of aryl methyl sites for hydroxylation is 1. The van der Waals surface area contributed by atoms with Crippen molar-refractivity contribution in [1.82, 2.24) is 14.5 Å². The van der Waals surface area contributed by atoms with Crippen molar-refractivity contribution in [3.05, 3.63) is 42.6 Å². The van der Waals surface area contributed by atoms with Gasteiger partial charge in [-0.2, -0.15) is 0 Å². The highest BCUT2D eigenvalue weighted by atomic mass is 15.1. The predicted molar refractivity (Wildman–Crippen MR) is 82.8 cm³/mol. The maximum absolute atomic E-state index is 4.77. The minimum Gasteiger partial charge on any atom is -0.388 e. The van der Waals surface area contributed by atoms with E-state index in [0.717, 1.165) is 41.2 Å². The molecular formula is C16H18N4. The third-order valence-electron chi connectivity index (χ3n) is 3.39. The van der Waals surface area contributed by atoms with Gasteiger partial charge in [-0.3, -0.25) is 0 Å². The number of para-hydroxylation sites is 1. The second-order valence-electron chi connectivity index (χ2n) is 4.73. The Hall–Kier alpha value is -2.36. The van der Waals surface area contributed by atoms with Crippen LogP contribution in [-0.2, 0) is 6.54 Å². The normalized spacial score (nSPS) is 10.9. The Balaban J connectivity index is 2.27. The van der Waals surface area contributed by atoms with Crippen molar-refractivity contribution in [2.24, 2.45) is 0 Å². The molecule has 1 N–H and O–H groups in total. The number of rotatable bonds is 4. The van der Waals surface area contributed by atoms with Gasteiger partial charge in [-0.25, -0.2) is 9.97 Å². The summed E-state index contributed by atoms with van der Waals surface area (Å²) in [5.74, 6) is 0.977. The van der Waals surface area contributed by atoms with Crippen LogP contribution >= 0.6 is 0 Å². The first-order valence-corrected chi connectivity index (χ1v) is 6.93. The standard InChI is InChI=1S/C16H18N4/c1-3-11-20-15(12-7-4-5-8-13(12)17-2)19-14-9-6-10-18-16(14)20/h4-10,17H,3,11H2,1-2H3. The fourth-order valence-electron chi connectivity index (χ4n) is 2.50. The van der Waals surface area contributed by atoms with Crippen LogP contribution in [-0.4, -0.2) is 21.6 Å². The molecule has 0 aliphatic carbocycles. The van der Waals surface area contributed by atoms with E-state index in [1.54, 1.807) is 0 Å². The minimum absolute atomic E-state index is 0.918. The molecule has 0 spiro atoms. The first-order valence-electron chi connectivity index (χ1n) is 6.93. The molecule has 0 bridgehead atoms. The molecule has 4 heteroatoms. The number of fused-ring (bicyclic) bond motifs is 1. The molecule has 2 heterocycles. The summed E-state index contributed by atoms with van der Waals surface area (Å²) in [7, 11) is 1.93. The van der Waals surface area contributed by atoms with Gasteiger partial charge < -0.3 is 9.88 Å². The van der Waals surface area contributed by atoms with E-state index in [4.69, 9.17) is 4.98 Å². The molecule has 0 amide bonds. The van der Waals surface area contributed by atoms with Crippen molar-refractivity contribution >= 4 is 16.9 Å². The zero-order valence-corrected chi connectivity index (χ0v) is 11.8. The molecule has 0 saturated heterocycles. The molecule has 0 fully saturated rings. The number of hydrogen-bond acceptors (Lipinski definition) is 3. The summed E-state index contributed by atoms with van der Waals surface area (Å²) < 4.78 is 2.20. The molecule has 2 aromatic heterocycles. The lowest BCUT2D eigenvalue weighted by Crippen LogP contribution is -2.02. The van der Waals surface area contributed by atoms with Gasteiger partial charge in [0.05, 0.1) is 0 Å². The van der Waals surface area contributed by atoms with Crippen LogP contribution in [0.25, 0.3) is 22.6 Å². The number of aromatic nitrogens is 3. The number of nitrogens with zero attached hydrogens (tertiary/aromatic N) is 3. The van der Waals surface area contributed by atoms with Crippen LogP contribution < -0.4 is 5.32 Å². The van der Waals surface area contributed by atoms with Crippen LogP contribution in [0, 0.1) is 0 Å². The summed E-state index contributed by atoms with van der Waals surface area (Å²) in [6.45, 7) is 3.09. The van der Waals surface area contributed by atoms with E-state index >= 15 is 0 Å². The summed E-state index contributed by atoms with van der Waals surface area (Å²) in [6.07, 6.45) is 2.88. The van der Waals surface area contributed by atoms with E-state index in [1.165, 1.54) is 0 Å². The van der Waals surface area contributed by atoms with Crippen molar-refractivity contribution in [3.63, 3.8) is 0 Å². The summed E-state index contributed by atoms with van der Waals surface area (Å²) in [4.78, 5) is 9.25. The first kappa shape index (κ1) is 12.7. The lowest BCUT2D eigenvalue weighted by molar-refractivity contribution is 0.698. The Morgan fingerprint density at radius 2 is 2.00 bits per heavy atom.